The first kappa shape index (κ1) is 9.97. The fourth-order valence-electron chi connectivity index (χ4n) is 0.816. The average molecular weight is 219 g/mol. The van der Waals surface area contributed by atoms with E-state index >= 15 is 0 Å². The molecule has 0 aliphatic rings. The Bertz CT molecular complexity index is 295. The normalized spacial score (nSPS) is 10.9. The highest BCUT2D eigenvalue weighted by Crippen LogP contribution is 2.21. The Balaban J connectivity index is 2.94. The van der Waals surface area contributed by atoms with Crippen LogP contribution in [0.5, 0.6) is 0 Å². The summed E-state index contributed by atoms with van der Waals surface area (Å²) in [7, 11) is 0. The van der Waals surface area contributed by atoms with Gasteiger partial charge in [0.2, 0.25) is 0 Å². The van der Waals surface area contributed by atoms with Gasteiger partial charge < -0.3 is 0 Å². The SMILES string of the molecule is SCC=Cc1ccc(Cl)cc1Cl. The molecule has 0 saturated carbocycles. The van der Waals surface area contributed by atoms with Gasteiger partial charge in [-0.3, -0.25) is 0 Å². The van der Waals surface area contributed by atoms with E-state index < -0.39 is 0 Å². The highest BCUT2D eigenvalue weighted by Gasteiger charge is 1.95. The molecule has 0 aromatic heterocycles. The minimum atomic E-state index is 0.656. The Kier molecular flexibility index (Phi) is 3.99. The van der Waals surface area contributed by atoms with E-state index in [-0.39, 0.29) is 0 Å². The van der Waals surface area contributed by atoms with Crippen LogP contribution in [-0.4, -0.2) is 5.75 Å². The van der Waals surface area contributed by atoms with E-state index in [1.807, 2.05) is 24.3 Å². The summed E-state index contributed by atoms with van der Waals surface area (Å²) < 4.78 is 0. The van der Waals surface area contributed by atoms with Gasteiger partial charge in [-0.1, -0.05) is 41.4 Å². The van der Waals surface area contributed by atoms with Crippen molar-refractivity contribution in [2.45, 2.75) is 0 Å². The summed E-state index contributed by atoms with van der Waals surface area (Å²) in [4.78, 5) is 0. The summed E-state index contributed by atoms with van der Waals surface area (Å²) in [6, 6.07) is 5.41. The predicted octanol–water partition coefficient (Wildman–Crippen LogP) is 3.94. The third-order valence-electron chi connectivity index (χ3n) is 1.37. The standard InChI is InChI=1S/C9H8Cl2S/c10-8-4-3-7(2-1-5-12)9(11)6-8/h1-4,6,12H,5H2. The van der Waals surface area contributed by atoms with Crippen molar-refractivity contribution in [2.75, 3.05) is 5.75 Å². The quantitative estimate of drug-likeness (QED) is 0.715. The van der Waals surface area contributed by atoms with E-state index in [4.69, 9.17) is 23.2 Å². The van der Waals surface area contributed by atoms with Crippen LogP contribution in [0.1, 0.15) is 5.56 Å². The van der Waals surface area contributed by atoms with Crippen LogP contribution < -0.4 is 0 Å². The van der Waals surface area contributed by atoms with Crippen molar-refractivity contribution in [1.82, 2.24) is 0 Å². The Morgan fingerprint density at radius 1 is 1.33 bits per heavy atom. The van der Waals surface area contributed by atoms with Crippen LogP contribution in [0, 0.1) is 0 Å². The number of halogens is 2. The van der Waals surface area contributed by atoms with Crippen molar-refractivity contribution in [3.63, 3.8) is 0 Å². The molecule has 0 saturated heterocycles. The second-order valence-electron chi connectivity index (χ2n) is 2.25. The van der Waals surface area contributed by atoms with Crippen molar-refractivity contribution in [1.29, 1.82) is 0 Å². The first-order chi connectivity index (χ1) is 5.74. The lowest BCUT2D eigenvalue weighted by Gasteiger charge is -1.97. The molecular formula is C9H8Cl2S. The number of thiol groups is 1. The largest absolute Gasteiger partial charge is 0.175 e. The molecule has 12 heavy (non-hydrogen) atoms. The number of benzene rings is 1. The fourth-order valence-corrected chi connectivity index (χ4v) is 1.39. The molecule has 0 radical (unpaired) electrons. The molecule has 1 rings (SSSR count). The van der Waals surface area contributed by atoms with E-state index in [9.17, 15) is 0 Å². The van der Waals surface area contributed by atoms with Gasteiger partial charge in [0, 0.05) is 15.8 Å². The van der Waals surface area contributed by atoms with Gasteiger partial charge in [-0.2, -0.15) is 12.6 Å². The molecule has 1 aromatic carbocycles. The Labute approximate surface area is 87.6 Å². The van der Waals surface area contributed by atoms with Crippen LogP contribution in [0.4, 0.5) is 0 Å². The molecular weight excluding hydrogens is 211 g/mol. The van der Waals surface area contributed by atoms with Gasteiger partial charge in [0.05, 0.1) is 0 Å². The van der Waals surface area contributed by atoms with Crippen molar-refractivity contribution in [2.24, 2.45) is 0 Å². The second-order valence-corrected chi connectivity index (χ2v) is 3.46. The van der Waals surface area contributed by atoms with Crippen LogP contribution >= 0.6 is 35.8 Å². The molecule has 64 valence electrons. The van der Waals surface area contributed by atoms with Crippen LogP contribution in [0.2, 0.25) is 10.0 Å². The molecule has 0 fully saturated rings. The third-order valence-corrected chi connectivity index (χ3v) is 2.14. The average Bonchev–Trinajstić information content (AvgIpc) is 2.03. The maximum Gasteiger partial charge on any atom is 0.0493 e. The highest BCUT2D eigenvalue weighted by atomic mass is 35.5. The van der Waals surface area contributed by atoms with Crippen LogP contribution in [0.25, 0.3) is 6.08 Å². The Morgan fingerprint density at radius 3 is 2.67 bits per heavy atom. The van der Waals surface area contributed by atoms with Crippen molar-refractivity contribution in [3.05, 3.63) is 39.9 Å². The molecule has 0 atom stereocenters. The summed E-state index contributed by atoms with van der Waals surface area (Å²) in [6.07, 6.45) is 3.85. The zero-order valence-electron chi connectivity index (χ0n) is 6.30. The molecule has 1 aromatic rings. The molecule has 0 amide bonds. The zero-order valence-corrected chi connectivity index (χ0v) is 8.70. The number of rotatable bonds is 2. The third kappa shape index (κ3) is 2.74. The van der Waals surface area contributed by atoms with E-state index in [0.29, 0.717) is 15.8 Å². The van der Waals surface area contributed by atoms with Crippen molar-refractivity contribution < 1.29 is 0 Å². The summed E-state index contributed by atoms with van der Waals surface area (Å²) in [5, 5.41) is 1.32. The molecule has 0 nitrogen and oxygen atoms in total. The topological polar surface area (TPSA) is 0 Å². The molecule has 3 heteroatoms. The minimum Gasteiger partial charge on any atom is -0.175 e. The molecule has 0 bridgehead atoms. The monoisotopic (exact) mass is 218 g/mol. The number of hydrogen-bond donors (Lipinski definition) is 1. The van der Waals surface area contributed by atoms with E-state index in [2.05, 4.69) is 12.6 Å². The van der Waals surface area contributed by atoms with Gasteiger partial charge in [-0.15, -0.1) is 0 Å². The molecule has 0 unspecified atom stereocenters. The van der Waals surface area contributed by atoms with E-state index in [1.54, 1.807) is 6.07 Å². The fraction of sp³-hybridized carbons (Fsp3) is 0.111. The molecule has 0 aliphatic heterocycles. The second kappa shape index (κ2) is 4.80. The van der Waals surface area contributed by atoms with Crippen LogP contribution in [-0.2, 0) is 0 Å². The lowest BCUT2D eigenvalue weighted by Crippen LogP contribution is -1.74. The van der Waals surface area contributed by atoms with E-state index in [1.165, 1.54) is 0 Å². The van der Waals surface area contributed by atoms with Gasteiger partial charge in [-0.25, -0.2) is 0 Å². The Morgan fingerprint density at radius 2 is 2.08 bits per heavy atom. The van der Waals surface area contributed by atoms with Gasteiger partial charge in [0.15, 0.2) is 0 Å². The molecule has 0 N–H and O–H groups in total. The summed E-state index contributed by atoms with van der Waals surface area (Å²) in [5.41, 5.74) is 0.968. The van der Waals surface area contributed by atoms with E-state index in [0.717, 1.165) is 5.56 Å². The van der Waals surface area contributed by atoms with Crippen LogP contribution in [0.3, 0.4) is 0 Å². The molecule has 0 aliphatic carbocycles. The maximum atomic E-state index is 5.90. The van der Waals surface area contributed by atoms with Crippen molar-refractivity contribution in [3.8, 4) is 0 Å². The Hall–Kier alpha value is -0.110. The smallest absolute Gasteiger partial charge is 0.0493 e. The lowest BCUT2D eigenvalue weighted by molar-refractivity contribution is 1.64. The maximum absolute atomic E-state index is 5.90. The predicted molar refractivity (Wildman–Crippen MR) is 59.3 cm³/mol. The highest BCUT2D eigenvalue weighted by molar-refractivity contribution is 7.80. The summed E-state index contributed by atoms with van der Waals surface area (Å²) >= 11 is 15.7. The zero-order chi connectivity index (χ0) is 8.97. The van der Waals surface area contributed by atoms with Crippen molar-refractivity contribution >= 4 is 41.9 Å². The molecule has 0 spiro atoms. The first-order valence-corrected chi connectivity index (χ1v) is 4.85. The van der Waals surface area contributed by atoms with Gasteiger partial charge in [-0.05, 0) is 17.7 Å². The first-order valence-electron chi connectivity index (χ1n) is 3.46. The van der Waals surface area contributed by atoms with Crippen LogP contribution in [0.15, 0.2) is 24.3 Å². The summed E-state index contributed by atoms with van der Waals surface area (Å²) in [6.45, 7) is 0. The van der Waals surface area contributed by atoms with Gasteiger partial charge in [0.1, 0.15) is 0 Å². The molecule has 0 heterocycles. The van der Waals surface area contributed by atoms with Gasteiger partial charge >= 0.3 is 0 Å². The minimum absolute atomic E-state index is 0.656. The lowest BCUT2D eigenvalue weighted by atomic mass is 10.2. The number of hydrogen-bond acceptors (Lipinski definition) is 1. The summed E-state index contributed by atoms with van der Waals surface area (Å²) in [5.74, 6) is 0.707. The van der Waals surface area contributed by atoms with Gasteiger partial charge in [0.25, 0.3) is 0 Å².